The summed E-state index contributed by atoms with van der Waals surface area (Å²) in [6, 6.07) is 1.67. The highest BCUT2D eigenvalue weighted by molar-refractivity contribution is 9.10. The lowest BCUT2D eigenvalue weighted by Gasteiger charge is -2.09. The molecule has 114 valence electrons. The number of rotatable bonds is 6. The van der Waals surface area contributed by atoms with E-state index in [1.165, 1.54) is 6.07 Å². The lowest BCUT2D eigenvalue weighted by molar-refractivity contribution is 0.192. The van der Waals surface area contributed by atoms with Crippen LogP contribution in [0.15, 0.2) is 20.0 Å². The Hall–Kier alpha value is -0.410. The van der Waals surface area contributed by atoms with Crippen molar-refractivity contribution in [3.8, 4) is 0 Å². The largest absolute Gasteiger partial charge is 0.452 e. The van der Waals surface area contributed by atoms with Crippen LogP contribution < -0.4 is 10.0 Å². The van der Waals surface area contributed by atoms with Crippen LogP contribution in [0.25, 0.3) is 0 Å². The first kappa shape index (κ1) is 16.0. The summed E-state index contributed by atoms with van der Waals surface area (Å²) < 4.78 is 38.0. The normalized spacial score (nSPS) is 19.9. The molecular formula is C12H19BrN2O4S. The van der Waals surface area contributed by atoms with E-state index in [4.69, 9.17) is 9.15 Å². The number of nitrogens with one attached hydrogen (secondary N) is 2. The average molecular weight is 367 g/mol. The van der Waals surface area contributed by atoms with Crippen LogP contribution in [0.2, 0.25) is 0 Å². The minimum absolute atomic E-state index is 0.130. The van der Waals surface area contributed by atoms with Gasteiger partial charge >= 0.3 is 0 Å². The van der Waals surface area contributed by atoms with Gasteiger partial charge < -0.3 is 14.5 Å². The Kier molecular flexibility index (Phi) is 5.25. The number of halogens is 1. The van der Waals surface area contributed by atoms with Crippen molar-refractivity contribution in [3.63, 3.8) is 0 Å². The Bertz CT molecular complexity index is 550. The Morgan fingerprint density at radius 2 is 2.25 bits per heavy atom. The first-order valence-corrected chi connectivity index (χ1v) is 8.78. The molecule has 0 spiro atoms. The van der Waals surface area contributed by atoms with Crippen molar-refractivity contribution in [2.45, 2.75) is 43.8 Å². The molecule has 2 heterocycles. The van der Waals surface area contributed by atoms with Crippen molar-refractivity contribution < 1.29 is 17.6 Å². The third-order valence-corrected chi connectivity index (χ3v) is 5.31. The zero-order valence-electron chi connectivity index (χ0n) is 11.5. The molecule has 0 aliphatic carbocycles. The molecule has 0 radical (unpaired) electrons. The maximum absolute atomic E-state index is 12.3. The summed E-state index contributed by atoms with van der Waals surface area (Å²) in [5, 5.41) is 3.18. The van der Waals surface area contributed by atoms with E-state index < -0.39 is 10.0 Å². The predicted molar refractivity (Wildman–Crippen MR) is 77.9 cm³/mol. The molecule has 20 heavy (non-hydrogen) atoms. The highest BCUT2D eigenvalue weighted by Crippen LogP contribution is 2.26. The van der Waals surface area contributed by atoms with Crippen molar-refractivity contribution in [1.29, 1.82) is 0 Å². The molecule has 1 atom stereocenters. The number of hydrogen-bond acceptors (Lipinski definition) is 5. The third-order valence-electron chi connectivity index (χ3n) is 2.93. The second-order valence-electron chi connectivity index (χ2n) is 5.07. The van der Waals surface area contributed by atoms with Gasteiger partial charge in [0.1, 0.15) is 10.7 Å². The number of hydrogen-bond donors (Lipinski definition) is 2. The quantitative estimate of drug-likeness (QED) is 0.799. The van der Waals surface area contributed by atoms with Gasteiger partial charge in [-0.15, -0.1) is 0 Å². The first-order valence-electron chi connectivity index (χ1n) is 6.50. The van der Waals surface area contributed by atoms with Crippen LogP contribution >= 0.6 is 15.9 Å². The van der Waals surface area contributed by atoms with Gasteiger partial charge in [0.15, 0.2) is 4.67 Å². The minimum atomic E-state index is -3.59. The first-order chi connectivity index (χ1) is 9.38. The Balaban J connectivity index is 2.10. The molecule has 1 aromatic rings. The van der Waals surface area contributed by atoms with Gasteiger partial charge in [-0.1, -0.05) is 13.8 Å². The fourth-order valence-electron chi connectivity index (χ4n) is 1.88. The maximum Gasteiger partial charge on any atom is 0.245 e. The van der Waals surface area contributed by atoms with E-state index in [1.807, 2.05) is 13.8 Å². The molecule has 8 heteroatoms. The van der Waals surface area contributed by atoms with Crippen molar-refractivity contribution in [2.24, 2.45) is 0 Å². The molecule has 1 unspecified atom stereocenters. The third kappa shape index (κ3) is 4.05. The molecule has 0 saturated carbocycles. The van der Waals surface area contributed by atoms with Gasteiger partial charge in [0.25, 0.3) is 0 Å². The second kappa shape index (κ2) is 6.57. The van der Waals surface area contributed by atoms with E-state index in [0.717, 1.165) is 0 Å². The Morgan fingerprint density at radius 1 is 1.50 bits per heavy atom. The molecule has 2 rings (SSSR count). The van der Waals surface area contributed by atoms with Gasteiger partial charge in [-0.3, -0.25) is 0 Å². The Morgan fingerprint density at radius 3 is 2.85 bits per heavy atom. The van der Waals surface area contributed by atoms with Gasteiger partial charge in [0.2, 0.25) is 10.0 Å². The molecule has 1 aliphatic rings. The van der Waals surface area contributed by atoms with E-state index in [1.54, 1.807) is 0 Å². The van der Waals surface area contributed by atoms with Gasteiger partial charge in [-0.05, 0) is 22.4 Å². The van der Waals surface area contributed by atoms with E-state index in [2.05, 4.69) is 26.0 Å². The summed E-state index contributed by atoms with van der Waals surface area (Å²) in [4.78, 5) is 0.130. The maximum atomic E-state index is 12.3. The van der Waals surface area contributed by atoms with Gasteiger partial charge in [0.05, 0.1) is 13.2 Å². The summed E-state index contributed by atoms with van der Waals surface area (Å²) in [7, 11) is -3.59. The van der Waals surface area contributed by atoms with Crippen LogP contribution in [0.5, 0.6) is 0 Å². The molecular weight excluding hydrogens is 348 g/mol. The average Bonchev–Trinajstić information content (AvgIpc) is 2.95. The highest BCUT2D eigenvalue weighted by atomic mass is 79.9. The molecule has 1 aromatic heterocycles. The molecule has 1 saturated heterocycles. The number of ether oxygens (including phenoxy) is 1. The molecule has 0 bridgehead atoms. The van der Waals surface area contributed by atoms with Gasteiger partial charge in [0, 0.05) is 24.8 Å². The van der Waals surface area contributed by atoms with Crippen molar-refractivity contribution >= 4 is 26.0 Å². The highest BCUT2D eigenvalue weighted by Gasteiger charge is 2.27. The van der Waals surface area contributed by atoms with Crippen LogP contribution in [-0.2, 0) is 21.3 Å². The summed E-state index contributed by atoms with van der Waals surface area (Å²) in [6.07, 6.45) is 0.691. The van der Waals surface area contributed by atoms with E-state index in [0.29, 0.717) is 38.0 Å². The van der Waals surface area contributed by atoms with Crippen molar-refractivity contribution in [2.75, 3.05) is 13.2 Å². The van der Waals surface area contributed by atoms with Crippen LogP contribution in [-0.4, -0.2) is 33.7 Å². The lowest BCUT2D eigenvalue weighted by Crippen LogP contribution is -2.35. The molecule has 6 nitrogen and oxygen atoms in total. The van der Waals surface area contributed by atoms with Crippen LogP contribution in [0, 0.1) is 0 Å². The zero-order valence-corrected chi connectivity index (χ0v) is 13.9. The monoisotopic (exact) mass is 366 g/mol. The van der Waals surface area contributed by atoms with Crippen LogP contribution in [0.4, 0.5) is 0 Å². The molecule has 2 N–H and O–H groups in total. The smallest absolute Gasteiger partial charge is 0.245 e. The van der Waals surface area contributed by atoms with Crippen LogP contribution in [0.3, 0.4) is 0 Å². The van der Waals surface area contributed by atoms with E-state index in [9.17, 15) is 8.42 Å². The van der Waals surface area contributed by atoms with Crippen molar-refractivity contribution in [3.05, 3.63) is 16.5 Å². The zero-order chi connectivity index (χ0) is 14.8. The topological polar surface area (TPSA) is 80.6 Å². The lowest BCUT2D eigenvalue weighted by atomic mass is 10.3. The second-order valence-corrected chi connectivity index (χ2v) is 7.47. The SMILES string of the molecule is CC(C)NCc1cc(S(=O)(=O)NC2CCOC2)c(Br)o1. The number of furan rings is 1. The van der Waals surface area contributed by atoms with E-state index in [-0.39, 0.29) is 15.6 Å². The molecule has 0 aromatic carbocycles. The Labute approximate surface area is 127 Å². The number of sulfonamides is 1. The van der Waals surface area contributed by atoms with E-state index >= 15 is 0 Å². The summed E-state index contributed by atoms with van der Waals surface area (Å²) in [6.45, 7) is 5.51. The summed E-state index contributed by atoms with van der Waals surface area (Å²) >= 11 is 3.16. The minimum Gasteiger partial charge on any atom is -0.452 e. The summed E-state index contributed by atoms with van der Waals surface area (Å²) in [5.74, 6) is 0.577. The van der Waals surface area contributed by atoms with Gasteiger partial charge in [-0.25, -0.2) is 13.1 Å². The summed E-state index contributed by atoms with van der Waals surface area (Å²) in [5.41, 5.74) is 0. The fraction of sp³-hybridized carbons (Fsp3) is 0.667. The fourth-order valence-corrected chi connectivity index (χ4v) is 4.14. The predicted octanol–water partition coefficient (Wildman–Crippen LogP) is 1.61. The van der Waals surface area contributed by atoms with Crippen molar-refractivity contribution in [1.82, 2.24) is 10.0 Å². The molecule has 1 aliphatic heterocycles. The molecule has 1 fully saturated rings. The standard InChI is InChI=1S/C12H19BrN2O4S/c1-8(2)14-6-10-5-11(12(13)19-10)20(16,17)15-9-3-4-18-7-9/h5,8-9,14-15H,3-4,6-7H2,1-2H3. The van der Waals surface area contributed by atoms with Crippen LogP contribution in [0.1, 0.15) is 26.0 Å². The molecule has 0 amide bonds. The van der Waals surface area contributed by atoms with Gasteiger partial charge in [-0.2, -0.15) is 0 Å².